The Morgan fingerprint density at radius 1 is 1.37 bits per heavy atom. The summed E-state index contributed by atoms with van der Waals surface area (Å²) in [6.45, 7) is 6.18. The molecule has 0 aromatic heterocycles. The van der Waals surface area contributed by atoms with Gasteiger partial charge in [-0.1, -0.05) is 6.58 Å². The van der Waals surface area contributed by atoms with Crippen LogP contribution in [-0.2, 0) is 23.9 Å². The molecule has 0 aliphatic carbocycles. The lowest BCUT2D eigenvalue weighted by Crippen LogP contribution is -2.43. The molecule has 0 aromatic rings. The number of nitrogens with one attached hydrogen (secondary N) is 1. The Morgan fingerprint density at radius 2 is 1.95 bits per heavy atom. The van der Waals surface area contributed by atoms with Gasteiger partial charge < -0.3 is 19.9 Å². The van der Waals surface area contributed by atoms with E-state index < -0.39 is 29.9 Å². The molecule has 0 heterocycles. The molecule has 0 aromatic carbocycles. The maximum atomic E-state index is 11.6. The lowest BCUT2D eigenvalue weighted by atomic mass is 10.0. The molecule has 2 unspecified atom stereocenters. The highest BCUT2D eigenvalue weighted by molar-refractivity contribution is 5.98. The van der Waals surface area contributed by atoms with Crippen LogP contribution < -0.4 is 5.32 Å². The van der Waals surface area contributed by atoms with Crippen molar-refractivity contribution in [3.63, 3.8) is 0 Å². The highest BCUT2D eigenvalue weighted by Gasteiger charge is 2.31. The maximum absolute atomic E-state index is 11.6. The van der Waals surface area contributed by atoms with E-state index in [1.165, 1.54) is 13.8 Å². The van der Waals surface area contributed by atoms with Crippen molar-refractivity contribution >= 4 is 17.8 Å². The number of ether oxygens (including phenoxy) is 2. The third kappa shape index (κ3) is 6.01. The molecule has 0 rings (SSSR count). The van der Waals surface area contributed by atoms with Gasteiger partial charge in [0.1, 0.15) is 6.61 Å². The van der Waals surface area contributed by atoms with Gasteiger partial charge in [0, 0.05) is 5.57 Å². The molecule has 108 valence electrons. The largest absolute Gasteiger partial charge is 0.468 e. The molecule has 0 aliphatic rings. The van der Waals surface area contributed by atoms with Crippen LogP contribution >= 0.6 is 0 Å². The van der Waals surface area contributed by atoms with Crippen LogP contribution in [0, 0.1) is 5.92 Å². The van der Waals surface area contributed by atoms with Crippen LogP contribution in [0.1, 0.15) is 13.8 Å². The summed E-state index contributed by atoms with van der Waals surface area (Å²) in [6, 6.07) is 0. The van der Waals surface area contributed by atoms with Crippen LogP contribution in [0.15, 0.2) is 12.2 Å². The van der Waals surface area contributed by atoms with E-state index in [1.54, 1.807) is 0 Å². The number of rotatable bonds is 7. The number of esters is 2. The van der Waals surface area contributed by atoms with Gasteiger partial charge in [0.05, 0.1) is 19.8 Å². The molecular weight excluding hydrogens is 254 g/mol. The zero-order valence-corrected chi connectivity index (χ0v) is 11.3. The fourth-order valence-corrected chi connectivity index (χ4v) is 1.20. The smallest absolute Gasteiger partial charge is 0.333 e. The third-order valence-electron chi connectivity index (χ3n) is 2.20. The first-order chi connectivity index (χ1) is 8.81. The second-order valence-corrected chi connectivity index (χ2v) is 3.95. The summed E-state index contributed by atoms with van der Waals surface area (Å²) in [4.78, 5) is 34.0. The first-order valence-electron chi connectivity index (χ1n) is 5.67. The van der Waals surface area contributed by atoms with E-state index in [0.717, 1.165) is 7.11 Å². The van der Waals surface area contributed by atoms with Gasteiger partial charge in [-0.25, -0.2) is 4.79 Å². The van der Waals surface area contributed by atoms with Gasteiger partial charge in [-0.2, -0.15) is 0 Å². The number of hydrogen-bond acceptors (Lipinski definition) is 6. The third-order valence-corrected chi connectivity index (χ3v) is 2.20. The first kappa shape index (κ1) is 17.1. The SMILES string of the molecule is C=C(C)C(=O)OCCNC(=O)C(C(=O)OC)C(C)O. The predicted molar refractivity (Wildman–Crippen MR) is 66.0 cm³/mol. The highest BCUT2D eigenvalue weighted by atomic mass is 16.5. The van der Waals surface area contributed by atoms with E-state index in [0.29, 0.717) is 0 Å². The summed E-state index contributed by atoms with van der Waals surface area (Å²) in [5.74, 6) is -3.38. The predicted octanol–water partition coefficient (Wildman–Crippen LogP) is -0.608. The summed E-state index contributed by atoms with van der Waals surface area (Å²) >= 11 is 0. The zero-order valence-electron chi connectivity index (χ0n) is 11.3. The Morgan fingerprint density at radius 3 is 2.37 bits per heavy atom. The first-order valence-corrected chi connectivity index (χ1v) is 5.67. The van der Waals surface area contributed by atoms with E-state index in [1.807, 2.05) is 0 Å². The Balaban J connectivity index is 4.18. The van der Waals surface area contributed by atoms with Gasteiger partial charge in [0.25, 0.3) is 0 Å². The van der Waals surface area contributed by atoms with Crippen molar-refractivity contribution in [2.45, 2.75) is 20.0 Å². The minimum Gasteiger partial charge on any atom is -0.468 e. The summed E-state index contributed by atoms with van der Waals surface area (Å²) in [7, 11) is 1.12. The van der Waals surface area contributed by atoms with E-state index in [9.17, 15) is 19.5 Å². The molecule has 0 saturated carbocycles. The van der Waals surface area contributed by atoms with Crippen molar-refractivity contribution in [1.82, 2.24) is 5.32 Å². The molecule has 0 spiro atoms. The molecule has 7 heteroatoms. The van der Waals surface area contributed by atoms with Gasteiger partial charge >= 0.3 is 11.9 Å². The van der Waals surface area contributed by atoms with Crippen molar-refractivity contribution in [3.8, 4) is 0 Å². The average Bonchev–Trinajstić information content (AvgIpc) is 2.33. The quantitative estimate of drug-likeness (QED) is 0.278. The fourth-order valence-electron chi connectivity index (χ4n) is 1.20. The number of amides is 1. The Kier molecular flexibility index (Phi) is 7.43. The monoisotopic (exact) mass is 273 g/mol. The van der Waals surface area contributed by atoms with Crippen molar-refractivity contribution < 1.29 is 29.0 Å². The summed E-state index contributed by atoms with van der Waals surface area (Å²) in [5, 5.41) is 11.7. The number of carbonyl (C=O) groups is 3. The molecule has 1 amide bonds. The van der Waals surface area contributed by atoms with Crippen LogP contribution in [0.25, 0.3) is 0 Å². The maximum Gasteiger partial charge on any atom is 0.333 e. The summed E-state index contributed by atoms with van der Waals surface area (Å²) < 4.78 is 9.16. The Hall–Kier alpha value is -1.89. The van der Waals surface area contributed by atoms with Crippen molar-refractivity contribution in [1.29, 1.82) is 0 Å². The molecule has 19 heavy (non-hydrogen) atoms. The van der Waals surface area contributed by atoms with Crippen LogP contribution in [0.4, 0.5) is 0 Å². The average molecular weight is 273 g/mol. The Bertz CT molecular complexity index is 363. The lowest BCUT2D eigenvalue weighted by molar-refractivity contribution is -0.154. The van der Waals surface area contributed by atoms with E-state index in [2.05, 4.69) is 16.6 Å². The molecule has 2 atom stereocenters. The molecule has 0 bridgehead atoms. The molecule has 7 nitrogen and oxygen atoms in total. The van der Waals surface area contributed by atoms with Gasteiger partial charge in [-0.05, 0) is 13.8 Å². The topological polar surface area (TPSA) is 102 Å². The molecule has 0 aliphatic heterocycles. The van der Waals surface area contributed by atoms with Gasteiger partial charge in [0.15, 0.2) is 5.92 Å². The minimum atomic E-state index is -1.30. The summed E-state index contributed by atoms with van der Waals surface area (Å²) in [6.07, 6.45) is -1.18. The normalized spacial score (nSPS) is 13.1. The van der Waals surface area contributed by atoms with Gasteiger partial charge in [-0.15, -0.1) is 0 Å². The number of aliphatic hydroxyl groups excluding tert-OH is 1. The zero-order chi connectivity index (χ0) is 15.0. The van der Waals surface area contributed by atoms with E-state index >= 15 is 0 Å². The van der Waals surface area contributed by atoms with Crippen molar-refractivity contribution in [2.24, 2.45) is 5.92 Å². The molecule has 0 fully saturated rings. The van der Waals surface area contributed by atoms with Gasteiger partial charge in [0.2, 0.25) is 5.91 Å². The van der Waals surface area contributed by atoms with Crippen molar-refractivity contribution in [3.05, 3.63) is 12.2 Å². The second-order valence-electron chi connectivity index (χ2n) is 3.95. The fraction of sp³-hybridized carbons (Fsp3) is 0.583. The summed E-state index contributed by atoms with van der Waals surface area (Å²) in [5.41, 5.74) is 0.253. The van der Waals surface area contributed by atoms with Crippen LogP contribution in [0.2, 0.25) is 0 Å². The van der Waals surface area contributed by atoms with E-state index in [4.69, 9.17) is 4.74 Å². The van der Waals surface area contributed by atoms with Crippen LogP contribution in [0.5, 0.6) is 0 Å². The van der Waals surface area contributed by atoms with Crippen molar-refractivity contribution in [2.75, 3.05) is 20.3 Å². The van der Waals surface area contributed by atoms with Crippen LogP contribution in [0.3, 0.4) is 0 Å². The lowest BCUT2D eigenvalue weighted by Gasteiger charge is -2.16. The molecule has 0 radical (unpaired) electrons. The number of aliphatic hydroxyl groups is 1. The highest BCUT2D eigenvalue weighted by Crippen LogP contribution is 2.06. The number of carbonyl (C=O) groups excluding carboxylic acids is 3. The second kappa shape index (κ2) is 8.25. The number of methoxy groups -OCH3 is 1. The van der Waals surface area contributed by atoms with Crippen LogP contribution in [-0.4, -0.2) is 49.3 Å². The van der Waals surface area contributed by atoms with E-state index in [-0.39, 0.29) is 18.7 Å². The number of hydrogen-bond donors (Lipinski definition) is 2. The molecular formula is C12H19NO6. The molecule has 2 N–H and O–H groups in total. The minimum absolute atomic E-state index is 0.0259. The Labute approximate surface area is 111 Å². The molecule has 0 saturated heterocycles. The van der Waals surface area contributed by atoms with Gasteiger partial charge in [-0.3, -0.25) is 9.59 Å². The standard InChI is InChI=1S/C12H19NO6/c1-7(2)11(16)19-6-5-13-10(15)9(8(3)14)12(17)18-4/h8-9,14H,1,5-6H2,2-4H3,(H,13,15).